The number of anilines is 3. The van der Waals surface area contributed by atoms with Gasteiger partial charge in [-0.05, 0) is 93.0 Å². The van der Waals surface area contributed by atoms with Crippen molar-refractivity contribution in [3.8, 4) is 17.2 Å². The van der Waals surface area contributed by atoms with E-state index in [9.17, 15) is 5.26 Å². The molecule has 1 aliphatic rings. The monoisotopic (exact) mass is 590 g/mol. The maximum Gasteiger partial charge on any atom is 0.0991 e. The summed E-state index contributed by atoms with van der Waals surface area (Å²) in [6, 6.07) is 53.2. The van der Waals surface area contributed by atoms with Crippen LogP contribution in [-0.2, 0) is 5.41 Å². The maximum atomic E-state index is 9.45. The fourth-order valence-electron chi connectivity index (χ4n) is 6.37. The lowest BCUT2D eigenvalue weighted by Crippen LogP contribution is -2.16. The summed E-state index contributed by atoms with van der Waals surface area (Å²) in [7, 11) is 0. The lowest BCUT2D eigenvalue weighted by Gasteiger charge is -2.28. The molecule has 220 valence electrons. The van der Waals surface area contributed by atoms with E-state index in [0.717, 1.165) is 22.6 Å². The predicted molar refractivity (Wildman–Crippen MR) is 194 cm³/mol. The van der Waals surface area contributed by atoms with Crippen molar-refractivity contribution in [3.05, 3.63) is 185 Å². The molecule has 0 unspecified atom stereocenters. The van der Waals surface area contributed by atoms with Gasteiger partial charge in [0, 0.05) is 22.5 Å². The van der Waals surface area contributed by atoms with E-state index in [2.05, 4.69) is 158 Å². The summed E-state index contributed by atoms with van der Waals surface area (Å²) in [5.74, 6) is 0. The van der Waals surface area contributed by atoms with Crippen molar-refractivity contribution in [3.63, 3.8) is 0 Å². The van der Waals surface area contributed by atoms with Gasteiger partial charge in [-0.15, -0.1) is 0 Å². The second-order valence-electron chi connectivity index (χ2n) is 12.2. The molecule has 0 aliphatic heterocycles. The van der Waals surface area contributed by atoms with Gasteiger partial charge in [-0.3, -0.25) is 0 Å². The van der Waals surface area contributed by atoms with Crippen LogP contribution in [-0.4, -0.2) is 0 Å². The molecular formula is C44H34N2. The van der Waals surface area contributed by atoms with Crippen molar-refractivity contribution in [2.45, 2.75) is 19.3 Å². The van der Waals surface area contributed by atoms with Gasteiger partial charge in [0.25, 0.3) is 0 Å². The first kappa shape index (κ1) is 28.8. The van der Waals surface area contributed by atoms with Crippen molar-refractivity contribution in [2.24, 2.45) is 0 Å². The van der Waals surface area contributed by atoms with Crippen LogP contribution in [0.2, 0.25) is 0 Å². The molecule has 2 heteroatoms. The van der Waals surface area contributed by atoms with Crippen molar-refractivity contribution in [2.75, 3.05) is 4.90 Å². The molecule has 6 aromatic carbocycles. The third-order valence-electron chi connectivity index (χ3n) is 8.88. The van der Waals surface area contributed by atoms with E-state index >= 15 is 0 Å². The van der Waals surface area contributed by atoms with Gasteiger partial charge in [-0.2, -0.15) is 5.26 Å². The molecule has 1 aliphatic carbocycles. The van der Waals surface area contributed by atoms with Gasteiger partial charge in [0.05, 0.1) is 11.6 Å². The zero-order chi connectivity index (χ0) is 31.5. The normalized spacial score (nSPS) is 13.0. The molecule has 0 fully saturated rings. The molecule has 0 amide bonds. The van der Waals surface area contributed by atoms with Gasteiger partial charge in [0.15, 0.2) is 0 Å². The van der Waals surface area contributed by atoms with Crippen LogP contribution >= 0.6 is 0 Å². The lowest BCUT2D eigenvalue weighted by atomic mass is 9.81. The minimum Gasteiger partial charge on any atom is -0.310 e. The minimum absolute atomic E-state index is 0.167. The van der Waals surface area contributed by atoms with Gasteiger partial charge >= 0.3 is 0 Å². The Morgan fingerprint density at radius 3 is 1.48 bits per heavy atom. The van der Waals surface area contributed by atoms with Crippen molar-refractivity contribution < 1.29 is 0 Å². The maximum absolute atomic E-state index is 9.45. The number of benzene rings is 6. The van der Waals surface area contributed by atoms with Gasteiger partial charge in [-0.1, -0.05) is 135 Å². The van der Waals surface area contributed by atoms with Crippen molar-refractivity contribution >= 4 is 41.4 Å². The number of nitrogens with zero attached hydrogens (tertiary/aromatic N) is 2. The highest BCUT2D eigenvalue weighted by molar-refractivity contribution is 5.87. The zero-order valence-corrected chi connectivity index (χ0v) is 26.1. The minimum atomic E-state index is -0.167. The van der Waals surface area contributed by atoms with Crippen LogP contribution in [0, 0.1) is 11.3 Å². The predicted octanol–water partition coefficient (Wildman–Crippen LogP) is 11.7. The molecule has 0 radical (unpaired) electrons. The molecule has 0 bridgehead atoms. The second-order valence-corrected chi connectivity index (χ2v) is 12.2. The number of fused-ring (bicyclic) bond motifs is 3. The van der Waals surface area contributed by atoms with Crippen LogP contribution in [0.4, 0.5) is 17.1 Å². The third kappa shape index (κ3) is 5.68. The molecule has 6 aromatic rings. The van der Waals surface area contributed by atoms with E-state index in [1.807, 2.05) is 36.4 Å². The van der Waals surface area contributed by atoms with Crippen LogP contribution in [0.3, 0.4) is 0 Å². The molecule has 2 nitrogen and oxygen atoms in total. The number of hydrogen-bond acceptors (Lipinski definition) is 2. The molecule has 0 saturated heterocycles. The molecule has 7 rings (SSSR count). The third-order valence-corrected chi connectivity index (χ3v) is 8.88. The standard InChI is InChI=1S/C44H34N2/c1-44(2)42-29-35(16-15-33-11-7-4-8-12-33)21-27-40(42)41-28-26-39(30-43(41)44)46(38-24-19-36(31-45)20-25-38)37-22-17-34(18-23-37)14-13-32-9-5-3-6-10-32/h3-30H,1-2H3/b14-13+,16-15+. The highest BCUT2D eigenvalue weighted by Crippen LogP contribution is 2.51. The van der Waals surface area contributed by atoms with Crippen LogP contribution in [0.25, 0.3) is 35.4 Å². The van der Waals surface area contributed by atoms with E-state index in [1.165, 1.54) is 38.9 Å². The number of nitriles is 1. The Hall–Kier alpha value is -5.91. The largest absolute Gasteiger partial charge is 0.310 e. The van der Waals surface area contributed by atoms with Gasteiger partial charge < -0.3 is 4.90 Å². The van der Waals surface area contributed by atoms with Gasteiger partial charge in [0.2, 0.25) is 0 Å². The zero-order valence-electron chi connectivity index (χ0n) is 26.1. The Balaban J connectivity index is 1.24. The Morgan fingerprint density at radius 1 is 0.478 bits per heavy atom. The van der Waals surface area contributed by atoms with Gasteiger partial charge in [-0.25, -0.2) is 0 Å². The first-order chi connectivity index (χ1) is 22.5. The molecule has 0 heterocycles. The van der Waals surface area contributed by atoms with E-state index in [-0.39, 0.29) is 5.41 Å². The van der Waals surface area contributed by atoms with Crippen LogP contribution in [0.1, 0.15) is 52.8 Å². The van der Waals surface area contributed by atoms with Crippen LogP contribution < -0.4 is 4.90 Å². The Labute approximate surface area is 271 Å². The molecular weight excluding hydrogens is 556 g/mol. The quantitative estimate of drug-likeness (QED) is 0.173. The molecule has 0 N–H and O–H groups in total. The average Bonchev–Trinajstić information content (AvgIpc) is 3.33. The fraction of sp³-hybridized carbons (Fsp3) is 0.0682. The summed E-state index contributed by atoms with van der Waals surface area (Å²) in [6.07, 6.45) is 8.65. The molecule has 0 saturated carbocycles. The Kier molecular flexibility index (Phi) is 7.67. The lowest BCUT2D eigenvalue weighted by molar-refractivity contribution is 0.660. The molecule has 0 spiro atoms. The summed E-state index contributed by atoms with van der Waals surface area (Å²) in [5, 5.41) is 9.45. The summed E-state index contributed by atoms with van der Waals surface area (Å²) in [6.45, 7) is 4.65. The van der Waals surface area contributed by atoms with Crippen molar-refractivity contribution in [1.29, 1.82) is 5.26 Å². The fourth-order valence-corrected chi connectivity index (χ4v) is 6.37. The van der Waals surface area contributed by atoms with E-state index in [4.69, 9.17) is 0 Å². The number of rotatable bonds is 7. The van der Waals surface area contributed by atoms with Gasteiger partial charge in [0.1, 0.15) is 0 Å². The molecule has 46 heavy (non-hydrogen) atoms. The average molecular weight is 591 g/mol. The first-order valence-corrected chi connectivity index (χ1v) is 15.7. The van der Waals surface area contributed by atoms with Crippen LogP contribution in [0.15, 0.2) is 146 Å². The van der Waals surface area contributed by atoms with Crippen molar-refractivity contribution in [1.82, 2.24) is 0 Å². The summed E-state index contributed by atoms with van der Waals surface area (Å²) in [5.41, 5.74) is 13.6. The van der Waals surface area contributed by atoms with E-state index in [0.29, 0.717) is 5.56 Å². The van der Waals surface area contributed by atoms with Crippen LogP contribution in [0.5, 0.6) is 0 Å². The van der Waals surface area contributed by atoms with E-state index in [1.54, 1.807) is 0 Å². The summed E-state index contributed by atoms with van der Waals surface area (Å²) >= 11 is 0. The SMILES string of the molecule is CC1(C)c2cc(/C=C/c3ccccc3)ccc2-c2ccc(N(c3ccc(C#N)cc3)c3ccc(/C=C/c4ccccc4)cc3)cc21. The smallest absolute Gasteiger partial charge is 0.0991 e. The first-order valence-electron chi connectivity index (χ1n) is 15.7. The highest BCUT2D eigenvalue weighted by atomic mass is 15.1. The Morgan fingerprint density at radius 2 is 0.913 bits per heavy atom. The topological polar surface area (TPSA) is 27.0 Å². The van der Waals surface area contributed by atoms with E-state index < -0.39 is 0 Å². The second kappa shape index (κ2) is 12.2. The molecule has 0 aromatic heterocycles. The highest BCUT2D eigenvalue weighted by Gasteiger charge is 2.36. The summed E-state index contributed by atoms with van der Waals surface area (Å²) < 4.78 is 0. The number of hydrogen-bond donors (Lipinski definition) is 0. The molecule has 0 atom stereocenters. The Bertz CT molecular complexity index is 2090. The summed E-state index contributed by atoms with van der Waals surface area (Å²) in [4.78, 5) is 2.28.